The molecule has 2 fully saturated rings. The van der Waals surface area contributed by atoms with Crippen molar-refractivity contribution >= 4 is 0 Å². The number of piperidine rings is 1. The van der Waals surface area contributed by atoms with Gasteiger partial charge in [-0.2, -0.15) is 5.26 Å². The third kappa shape index (κ3) is 1.84. The molecule has 2 saturated heterocycles. The van der Waals surface area contributed by atoms with Gasteiger partial charge in [0, 0.05) is 6.54 Å². The molecule has 0 aliphatic carbocycles. The lowest BCUT2D eigenvalue weighted by Gasteiger charge is -2.40. The number of ether oxygens (including phenoxy) is 1. The zero-order chi connectivity index (χ0) is 9.15. The van der Waals surface area contributed by atoms with Crippen molar-refractivity contribution in [3.8, 4) is 6.07 Å². The summed E-state index contributed by atoms with van der Waals surface area (Å²) >= 11 is 0. The molecular weight excluding hydrogens is 164 g/mol. The van der Waals surface area contributed by atoms with Crippen LogP contribution in [-0.2, 0) is 4.74 Å². The Balaban J connectivity index is 1.85. The highest BCUT2D eigenvalue weighted by Gasteiger charge is 2.40. The number of nitriles is 1. The molecule has 0 spiro atoms. The highest BCUT2D eigenvalue weighted by Crippen LogP contribution is 2.28. The van der Waals surface area contributed by atoms with Gasteiger partial charge < -0.3 is 9.64 Å². The fourth-order valence-electron chi connectivity index (χ4n) is 2.09. The molecule has 0 bridgehead atoms. The maximum absolute atomic E-state index is 9.01. The lowest BCUT2D eigenvalue weighted by atomic mass is 9.87. The van der Waals surface area contributed by atoms with Crippen molar-refractivity contribution in [3.63, 3.8) is 0 Å². The van der Waals surface area contributed by atoms with E-state index in [2.05, 4.69) is 11.0 Å². The molecule has 0 amide bonds. The van der Waals surface area contributed by atoms with Gasteiger partial charge in [0.05, 0.1) is 19.3 Å². The largest absolute Gasteiger partial charge is 0.378 e. The molecule has 3 heteroatoms. The molecule has 0 aromatic carbocycles. The van der Waals surface area contributed by atoms with Crippen LogP contribution >= 0.6 is 0 Å². The zero-order valence-electron chi connectivity index (χ0n) is 7.96. The summed E-state index contributed by atoms with van der Waals surface area (Å²) in [6, 6.07) is 2.40. The summed E-state index contributed by atoms with van der Waals surface area (Å²) in [5, 5.41) is 9.01. The molecule has 2 heterocycles. The van der Waals surface area contributed by atoms with E-state index in [1.165, 1.54) is 32.4 Å². The Labute approximate surface area is 79.3 Å². The average molecular weight is 180 g/mol. The second-order valence-corrected chi connectivity index (χ2v) is 4.22. The van der Waals surface area contributed by atoms with Crippen molar-refractivity contribution in [3.05, 3.63) is 0 Å². The molecule has 0 radical (unpaired) electrons. The summed E-state index contributed by atoms with van der Waals surface area (Å²) < 4.78 is 5.12. The van der Waals surface area contributed by atoms with Crippen LogP contribution in [0.1, 0.15) is 19.3 Å². The monoisotopic (exact) mass is 180 g/mol. The molecule has 0 N–H and O–H groups in total. The third-order valence-electron chi connectivity index (χ3n) is 2.97. The minimum Gasteiger partial charge on any atom is -0.378 e. The first kappa shape index (κ1) is 8.98. The van der Waals surface area contributed by atoms with Crippen LogP contribution < -0.4 is 0 Å². The first-order valence-electron chi connectivity index (χ1n) is 5.06. The highest BCUT2D eigenvalue weighted by molar-refractivity contribution is 5.05. The molecule has 72 valence electrons. The van der Waals surface area contributed by atoms with Crippen LogP contribution in [0.5, 0.6) is 0 Å². The Hall–Kier alpha value is -0.590. The molecule has 0 unspecified atom stereocenters. The maximum atomic E-state index is 9.01. The van der Waals surface area contributed by atoms with Crippen molar-refractivity contribution in [2.45, 2.75) is 19.3 Å². The Bertz CT molecular complexity index is 211. The molecule has 0 aromatic rings. The number of hydrogen-bond donors (Lipinski definition) is 0. The van der Waals surface area contributed by atoms with Crippen LogP contribution in [0.2, 0.25) is 0 Å². The van der Waals surface area contributed by atoms with Crippen molar-refractivity contribution in [2.24, 2.45) is 5.41 Å². The predicted octanol–water partition coefficient (Wildman–Crippen LogP) is 1.01. The Morgan fingerprint density at radius 1 is 1.23 bits per heavy atom. The van der Waals surface area contributed by atoms with E-state index in [-0.39, 0.29) is 5.41 Å². The van der Waals surface area contributed by atoms with E-state index >= 15 is 0 Å². The Morgan fingerprint density at radius 3 is 2.38 bits per heavy atom. The molecule has 2 aliphatic heterocycles. The van der Waals surface area contributed by atoms with E-state index in [0.717, 1.165) is 6.54 Å². The van der Waals surface area contributed by atoms with Crippen LogP contribution in [0, 0.1) is 16.7 Å². The minimum absolute atomic E-state index is 0.169. The van der Waals surface area contributed by atoms with Crippen molar-refractivity contribution in [1.29, 1.82) is 5.26 Å². The SMILES string of the molecule is N#CC1(CN2CCCCC2)COC1. The van der Waals surface area contributed by atoms with Gasteiger partial charge >= 0.3 is 0 Å². The molecular formula is C10H16N2O. The van der Waals surface area contributed by atoms with Gasteiger partial charge in [0.25, 0.3) is 0 Å². The standard InChI is InChI=1S/C10H16N2O/c11-6-10(8-13-9-10)7-12-4-2-1-3-5-12/h1-5,7-9H2. The van der Waals surface area contributed by atoms with Gasteiger partial charge in [-0.05, 0) is 25.9 Å². The average Bonchev–Trinajstić information content (AvgIpc) is 2.13. The number of hydrogen-bond acceptors (Lipinski definition) is 3. The van der Waals surface area contributed by atoms with Gasteiger partial charge in [0.15, 0.2) is 0 Å². The summed E-state index contributed by atoms with van der Waals surface area (Å²) in [5.74, 6) is 0. The van der Waals surface area contributed by atoms with E-state index in [4.69, 9.17) is 10.00 Å². The summed E-state index contributed by atoms with van der Waals surface area (Å²) in [5.41, 5.74) is -0.169. The molecule has 13 heavy (non-hydrogen) atoms. The van der Waals surface area contributed by atoms with Crippen LogP contribution in [0.4, 0.5) is 0 Å². The smallest absolute Gasteiger partial charge is 0.116 e. The molecule has 2 aliphatic rings. The first-order chi connectivity index (χ1) is 6.35. The lowest BCUT2D eigenvalue weighted by molar-refractivity contribution is -0.0927. The van der Waals surface area contributed by atoms with Gasteiger partial charge in [-0.3, -0.25) is 0 Å². The first-order valence-corrected chi connectivity index (χ1v) is 5.06. The fraction of sp³-hybridized carbons (Fsp3) is 0.900. The van der Waals surface area contributed by atoms with E-state index in [9.17, 15) is 0 Å². The normalized spacial score (nSPS) is 27.6. The van der Waals surface area contributed by atoms with E-state index < -0.39 is 0 Å². The second-order valence-electron chi connectivity index (χ2n) is 4.22. The van der Waals surface area contributed by atoms with Crippen molar-refractivity contribution in [2.75, 3.05) is 32.8 Å². The van der Waals surface area contributed by atoms with E-state index in [0.29, 0.717) is 13.2 Å². The summed E-state index contributed by atoms with van der Waals surface area (Å²) in [7, 11) is 0. The van der Waals surface area contributed by atoms with Gasteiger partial charge in [-0.25, -0.2) is 0 Å². The van der Waals surface area contributed by atoms with Gasteiger partial charge in [-0.1, -0.05) is 6.42 Å². The number of nitrogens with zero attached hydrogens (tertiary/aromatic N) is 2. The molecule has 0 aromatic heterocycles. The summed E-state index contributed by atoms with van der Waals surface area (Å²) in [6.07, 6.45) is 3.94. The van der Waals surface area contributed by atoms with Crippen LogP contribution in [0.3, 0.4) is 0 Å². The van der Waals surface area contributed by atoms with E-state index in [1.807, 2.05) is 0 Å². The van der Waals surface area contributed by atoms with Gasteiger partial charge in [-0.15, -0.1) is 0 Å². The molecule has 0 saturated carbocycles. The topological polar surface area (TPSA) is 36.3 Å². The van der Waals surface area contributed by atoms with Gasteiger partial charge in [0.1, 0.15) is 5.41 Å². The van der Waals surface area contributed by atoms with Crippen LogP contribution in [0.25, 0.3) is 0 Å². The summed E-state index contributed by atoms with van der Waals surface area (Å²) in [4.78, 5) is 2.41. The number of likely N-dealkylation sites (tertiary alicyclic amines) is 1. The van der Waals surface area contributed by atoms with Gasteiger partial charge in [0.2, 0.25) is 0 Å². The predicted molar refractivity (Wildman–Crippen MR) is 49.2 cm³/mol. The zero-order valence-corrected chi connectivity index (χ0v) is 7.96. The van der Waals surface area contributed by atoms with Crippen LogP contribution in [-0.4, -0.2) is 37.7 Å². The lowest BCUT2D eigenvalue weighted by Crippen LogP contribution is -2.50. The third-order valence-corrected chi connectivity index (χ3v) is 2.97. The Morgan fingerprint density at radius 2 is 1.92 bits per heavy atom. The van der Waals surface area contributed by atoms with Crippen molar-refractivity contribution < 1.29 is 4.74 Å². The Kier molecular flexibility index (Phi) is 2.52. The second kappa shape index (κ2) is 3.65. The quantitative estimate of drug-likeness (QED) is 0.636. The molecule has 0 atom stereocenters. The number of rotatable bonds is 2. The minimum atomic E-state index is -0.169. The molecule has 2 rings (SSSR count). The molecule has 3 nitrogen and oxygen atoms in total. The fourth-order valence-corrected chi connectivity index (χ4v) is 2.09. The van der Waals surface area contributed by atoms with Crippen molar-refractivity contribution in [1.82, 2.24) is 4.90 Å². The maximum Gasteiger partial charge on any atom is 0.116 e. The van der Waals surface area contributed by atoms with Crippen LogP contribution in [0.15, 0.2) is 0 Å². The highest BCUT2D eigenvalue weighted by atomic mass is 16.5. The summed E-state index contributed by atoms with van der Waals surface area (Å²) in [6.45, 7) is 4.54. The van der Waals surface area contributed by atoms with E-state index in [1.54, 1.807) is 0 Å².